The van der Waals surface area contributed by atoms with Gasteiger partial charge in [-0.15, -0.1) is 5.10 Å². The molecule has 112 valence electrons. The van der Waals surface area contributed by atoms with Crippen LogP contribution in [0.1, 0.15) is 16.8 Å². The molecule has 0 unspecified atom stereocenters. The number of rotatable bonds is 4. The van der Waals surface area contributed by atoms with Crippen LogP contribution in [0.15, 0.2) is 24.4 Å². The molecule has 0 saturated heterocycles. The molecule has 0 fully saturated rings. The van der Waals surface area contributed by atoms with Crippen LogP contribution in [0.3, 0.4) is 0 Å². The Bertz CT molecular complexity index is 665. The maximum absolute atomic E-state index is 13.0. The van der Waals surface area contributed by atoms with Crippen LogP contribution in [-0.2, 0) is 19.8 Å². The van der Waals surface area contributed by atoms with Crippen molar-refractivity contribution in [3.63, 3.8) is 0 Å². The minimum absolute atomic E-state index is 0.0193. The molecule has 0 radical (unpaired) electrons. The summed E-state index contributed by atoms with van der Waals surface area (Å²) in [6.45, 7) is -0.143. The first-order valence-corrected chi connectivity index (χ1v) is 5.81. The van der Waals surface area contributed by atoms with Gasteiger partial charge in [0.2, 0.25) is 0 Å². The summed E-state index contributed by atoms with van der Waals surface area (Å²) in [4.78, 5) is 0. The van der Waals surface area contributed by atoms with Crippen LogP contribution < -0.4 is 10.5 Å². The zero-order valence-electron chi connectivity index (χ0n) is 11.0. The van der Waals surface area contributed by atoms with E-state index in [2.05, 4.69) is 10.3 Å². The highest BCUT2D eigenvalue weighted by molar-refractivity contribution is 5.95. The van der Waals surface area contributed by atoms with Crippen LogP contribution in [0.5, 0.6) is 5.75 Å². The fourth-order valence-electron chi connectivity index (χ4n) is 1.66. The Morgan fingerprint density at radius 1 is 1.43 bits per heavy atom. The van der Waals surface area contributed by atoms with E-state index < -0.39 is 17.6 Å². The van der Waals surface area contributed by atoms with Crippen molar-refractivity contribution in [3.05, 3.63) is 41.2 Å². The molecule has 0 bridgehead atoms. The summed E-state index contributed by atoms with van der Waals surface area (Å²) in [6.07, 6.45) is -3.07. The van der Waals surface area contributed by atoms with E-state index >= 15 is 0 Å². The Morgan fingerprint density at radius 3 is 2.67 bits per heavy atom. The minimum Gasteiger partial charge on any atom is -0.487 e. The van der Waals surface area contributed by atoms with Crippen molar-refractivity contribution in [2.75, 3.05) is 0 Å². The third-order valence-electron chi connectivity index (χ3n) is 2.62. The van der Waals surface area contributed by atoms with Gasteiger partial charge in [0.05, 0.1) is 11.8 Å². The molecular formula is C12H12F3N5O. The SMILES string of the molecule is Cn1cc(COc2ccc(C(=N)N)cc2C(F)(F)F)nn1. The van der Waals surface area contributed by atoms with Crippen molar-refractivity contribution in [2.45, 2.75) is 12.8 Å². The van der Waals surface area contributed by atoms with Gasteiger partial charge in [-0.2, -0.15) is 13.2 Å². The second kappa shape index (κ2) is 5.43. The zero-order valence-corrected chi connectivity index (χ0v) is 11.0. The number of ether oxygens (including phenoxy) is 1. The lowest BCUT2D eigenvalue weighted by atomic mass is 10.1. The van der Waals surface area contributed by atoms with Crippen molar-refractivity contribution in [2.24, 2.45) is 12.8 Å². The molecule has 1 heterocycles. The van der Waals surface area contributed by atoms with E-state index in [9.17, 15) is 13.2 Å². The van der Waals surface area contributed by atoms with Gasteiger partial charge in [-0.1, -0.05) is 5.21 Å². The molecular weight excluding hydrogens is 287 g/mol. The van der Waals surface area contributed by atoms with Gasteiger partial charge in [0.1, 0.15) is 23.9 Å². The number of nitrogens with one attached hydrogen (secondary N) is 1. The summed E-state index contributed by atoms with van der Waals surface area (Å²) >= 11 is 0. The monoisotopic (exact) mass is 299 g/mol. The lowest BCUT2D eigenvalue weighted by molar-refractivity contribution is -0.139. The zero-order chi connectivity index (χ0) is 15.6. The van der Waals surface area contributed by atoms with Crippen molar-refractivity contribution >= 4 is 5.84 Å². The lowest BCUT2D eigenvalue weighted by Crippen LogP contribution is -2.15. The molecule has 3 N–H and O–H groups in total. The normalized spacial score (nSPS) is 11.4. The van der Waals surface area contributed by atoms with E-state index in [4.69, 9.17) is 15.9 Å². The van der Waals surface area contributed by atoms with E-state index in [1.165, 1.54) is 16.9 Å². The summed E-state index contributed by atoms with van der Waals surface area (Å²) in [5.41, 5.74) is 4.60. The predicted octanol–water partition coefficient (Wildman–Crippen LogP) is 1.70. The number of aryl methyl sites for hydroxylation is 1. The Hall–Kier alpha value is -2.58. The number of hydrogen-bond acceptors (Lipinski definition) is 4. The number of amidine groups is 1. The molecule has 0 aliphatic rings. The molecule has 1 aromatic heterocycles. The molecule has 6 nitrogen and oxygen atoms in total. The van der Waals surface area contributed by atoms with Crippen molar-refractivity contribution in [1.29, 1.82) is 5.41 Å². The highest BCUT2D eigenvalue weighted by Crippen LogP contribution is 2.37. The van der Waals surface area contributed by atoms with Gasteiger partial charge in [-0.05, 0) is 18.2 Å². The maximum Gasteiger partial charge on any atom is 0.419 e. The molecule has 1 aromatic carbocycles. The topological polar surface area (TPSA) is 89.8 Å². The van der Waals surface area contributed by atoms with Crippen LogP contribution in [-0.4, -0.2) is 20.8 Å². The number of halogens is 3. The average Bonchev–Trinajstić information content (AvgIpc) is 2.81. The van der Waals surface area contributed by atoms with E-state index in [1.807, 2.05) is 0 Å². The van der Waals surface area contributed by atoms with Gasteiger partial charge in [0.15, 0.2) is 0 Å². The number of aromatic nitrogens is 3. The van der Waals surface area contributed by atoms with Crippen molar-refractivity contribution in [3.8, 4) is 5.75 Å². The Morgan fingerprint density at radius 2 is 2.14 bits per heavy atom. The Labute approximate surface area is 117 Å². The molecule has 2 aromatic rings. The number of benzene rings is 1. The number of nitrogens with zero attached hydrogens (tertiary/aromatic N) is 3. The van der Waals surface area contributed by atoms with Gasteiger partial charge in [0, 0.05) is 12.6 Å². The van der Waals surface area contributed by atoms with E-state index in [-0.39, 0.29) is 17.9 Å². The first-order valence-electron chi connectivity index (χ1n) is 5.81. The van der Waals surface area contributed by atoms with Crippen LogP contribution >= 0.6 is 0 Å². The molecule has 0 aliphatic heterocycles. The predicted molar refractivity (Wildman–Crippen MR) is 67.8 cm³/mol. The number of hydrogen-bond donors (Lipinski definition) is 2. The number of nitrogen functional groups attached to an aromatic ring is 1. The molecule has 0 spiro atoms. The third kappa shape index (κ3) is 3.50. The van der Waals surface area contributed by atoms with Crippen LogP contribution in [0.2, 0.25) is 0 Å². The van der Waals surface area contributed by atoms with Gasteiger partial charge in [-0.3, -0.25) is 10.1 Å². The van der Waals surface area contributed by atoms with Crippen LogP contribution in [0.4, 0.5) is 13.2 Å². The van der Waals surface area contributed by atoms with E-state index in [0.29, 0.717) is 5.69 Å². The quantitative estimate of drug-likeness (QED) is 0.664. The van der Waals surface area contributed by atoms with Gasteiger partial charge >= 0.3 is 6.18 Å². The van der Waals surface area contributed by atoms with Crippen molar-refractivity contribution < 1.29 is 17.9 Å². The van der Waals surface area contributed by atoms with Crippen LogP contribution in [0.25, 0.3) is 0 Å². The molecule has 0 aliphatic carbocycles. The first-order chi connectivity index (χ1) is 9.77. The summed E-state index contributed by atoms with van der Waals surface area (Å²) in [7, 11) is 1.64. The standard InChI is InChI=1S/C12H12F3N5O/c1-20-5-8(18-19-20)6-21-10-3-2-7(11(16)17)4-9(10)12(13,14)15/h2-5H,6H2,1H3,(H3,16,17). The first kappa shape index (κ1) is 14.8. The fourth-order valence-corrected chi connectivity index (χ4v) is 1.66. The summed E-state index contributed by atoms with van der Waals surface area (Å²) in [5.74, 6) is -0.792. The maximum atomic E-state index is 13.0. The second-order valence-electron chi connectivity index (χ2n) is 4.29. The Balaban J connectivity index is 2.27. The number of nitrogens with two attached hydrogens (primary N) is 1. The largest absolute Gasteiger partial charge is 0.487 e. The summed E-state index contributed by atoms with van der Waals surface area (Å²) < 4.78 is 45.6. The van der Waals surface area contributed by atoms with E-state index in [1.54, 1.807) is 7.05 Å². The van der Waals surface area contributed by atoms with Crippen LogP contribution in [0, 0.1) is 5.41 Å². The molecule has 21 heavy (non-hydrogen) atoms. The smallest absolute Gasteiger partial charge is 0.419 e. The third-order valence-corrected chi connectivity index (χ3v) is 2.62. The molecule has 9 heteroatoms. The minimum atomic E-state index is -4.61. The molecule has 0 atom stereocenters. The van der Waals surface area contributed by atoms with Crippen molar-refractivity contribution in [1.82, 2.24) is 15.0 Å². The molecule has 0 saturated carbocycles. The van der Waals surface area contributed by atoms with Gasteiger partial charge in [0.25, 0.3) is 0 Å². The highest BCUT2D eigenvalue weighted by atomic mass is 19.4. The van der Waals surface area contributed by atoms with Gasteiger partial charge < -0.3 is 10.5 Å². The second-order valence-corrected chi connectivity index (χ2v) is 4.29. The summed E-state index contributed by atoms with van der Waals surface area (Å²) in [5, 5.41) is 14.6. The Kier molecular flexibility index (Phi) is 3.83. The average molecular weight is 299 g/mol. The molecule has 2 rings (SSSR count). The fraction of sp³-hybridized carbons (Fsp3) is 0.250. The number of alkyl halides is 3. The molecule has 0 amide bonds. The lowest BCUT2D eigenvalue weighted by Gasteiger charge is -2.14. The summed E-state index contributed by atoms with van der Waals surface area (Å²) in [6, 6.07) is 3.22. The highest BCUT2D eigenvalue weighted by Gasteiger charge is 2.35. The van der Waals surface area contributed by atoms with E-state index in [0.717, 1.165) is 12.1 Å². The van der Waals surface area contributed by atoms with Gasteiger partial charge in [-0.25, -0.2) is 0 Å².